The standard InChI is InChI=1S/C22H16N4O5/c1-30-16-5-4-15-11-26(19(27)17(15)9-16)12-22(20(28)24-21(29)25-22)7-6-13-2-3-14-10-23-31-18(14)8-13/h2-5,8-11,27H,12H2,1H3,(H2,24,25,28,29)/t22-/m1/s1. The average molecular weight is 416 g/mol. The molecule has 1 aliphatic heterocycles. The Morgan fingerprint density at radius 1 is 1.23 bits per heavy atom. The van der Waals surface area contributed by atoms with Crippen molar-refractivity contribution >= 4 is 33.7 Å². The lowest BCUT2D eigenvalue weighted by Crippen LogP contribution is -2.49. The maximum atomic E-state index is 12.7. The number of aromatic nitrogens is 2. The summed E-state index contributed by atoms with van der Waals surface area (Å²) in [5, 5.41) is 21.4. The minimum atomic E-state index is -1.57. The number of benzene rings is 2. The fourth-order valence-corrected chi connectivity index (χ4v) is 3.58. The number of carbonyl (C=O) groups excluding carboxylic acids is 2. The predicted octanol–water partition coefficient (Wildman–Crippen LogP) is 2.13. The molecule has 0 bridgehead atoms. The van der Waals surface area contributed by atoms with Crippen LogP contribution in [0.4, 0.5) is 4.79 Å². The molecule has 31 heavy (non-hydrogen) atoms. The van der Waals surface area contributed by atoms with Crippen molar-refractivity contribution in [3.63, 3.8) is 0 Å². The van der Waals surface area contributed by atoms with Gasteiger partial charge in [0.05, 0.1) is 19.9 Å². The van der Waals surface area contributed by atoms with E-state index in [9.17, 15) is 14.7 Å². The molecule has 0 unspecified atom stereocenters. The number of ether oxygens (including phenoxy) is 1. The summed E-state index contributed by atoms with van der Waals surface area (Å²) in [4.78, 5) is 24.6. The maximum Gasteiger partial charge on any atom is 0.323 e. The first-order chi connectivity index (χ1) is 15.0. The zero-order chi connectivity index (χ0) is 21.6. The second kappa shape index (κ2) is 6.81. The molecule has 1 aliphatic rings. The summed E-state index contributed by atoms with van der Waals surface area (Å²) >= 11 is 0. The van der Waals surface area contributed by atoms with Crippen LogP contribution in [0.2, 0.25) is 0 Å². The molecule has 9 heteroatoms. The molecule has 9 nitrogen and oxygen atoms in total. The Bertz CT molecular complexity index is 1420. The van der Waals surface area contributed by atoms with E-state index in [1.807, 2.05) is 0 Å². The van der Waals surface area contributed by atoms with Gasteiger partial charge in [0.2, 0.25) is 5.54 Å². The zero-order valence-electron chi connectivity index (χ0n) is 16.3. The Hall–Kier alpha value is -4.45. The highest BCUT2D eigenvalue weighted by atomic mass is 16.5. The van der Waals surface area contributed by atoms with Gasteiger partial charge in [-0.2, -0.15) is 0 Å². The van der Waals surface area contributed by atoms with Crippen molar-refractivity contribution in [2.45, 2.75) is 12.1 Å². The first-order valence-corrected chi connectivity index (χ1v) is 9.34. The van der Waals surface area contributed by atoms with Gasteiger partial charge in [-0.15, -0.1) is 0 Å². The zero-order valence-corrected chi connectivity index (χ0v) is 16.3. The minimum absolute atomic E-state index is 0.0629. The van der Waals surface area contributed by atoms with Crippen molar-refractivity contribution in [2.75, 3.05) is 7.11 Å². The first-order valence-electron chi connectivity index (χ1n) is 9.34. The van der Waals surface area contributed by atoms with E-state index in [4.69, 9.17) is 9.26 Å². The SMILES string of the molecule is COc1ccc2cn(C[C@@]3(C#Cc4ccc5cnoc5c4)NC(=O)NC3=O)c(O)c2c1. The number of amides is 3. The molecule has 2 aromatic carbocycles. The van der Waals surface area contributed by atoms with E-state index in [0.717, 1.165) is 10.8 Å². The molecule has 1 saturated heterocycles. The smallest absolute Gasteiger partial charge is 0.323 e. The van der Waals surface area contributed by atoms with E-state index in [-0.39, 0.29) is 12.4 Å². The van der Waals surface area contributed by atoms with Crippen LogP contribution >= 0.6 is 0 Å². The van der Waals surface area contributed by atoms with Crippen molar-refractivity contribution in [3.05, 3.63) is 54.4 Å². The maximum absolute atomic E-state index is 12.7. The fourth-order valence-electron chi connectivity index (χ4n) is 3.58. The molecule has 4 aromatic rings. The highest BCUT2D eigenvalue weighted by Gasteiger charge is 2.46. The molecule has 0 saturated carbocycles. The number of methoxy groups -OCH3 is 1. The molecule has 154 valence electrons. The van der Waals surface area contributed by atoms with Crippen LogP contribution in [0.15, 0.2) is 53.3 Å². The number of fused-ring (bicyclic) bond motifs is 2. The predicted molar refractivity (Wildman–Crippen MR) is 110 cm³/mol. The van der Waals surface area contributed by atoms with Gasteiger partial charge in [0, 0.05) is 27.9 Å². The normalized spacial score (nSPS) is 18.0. The Labute approximate surface area is 175 Å². The lowest BCUT2D eigenvalue weighted by molar-refractivity contribution is -0.122. The molecule has 3 heterocycles. The summed E-state index contributed by atoms with van der Waals surface area (Å²) in [6.45, 7) is -0.0923. The summed E-state index contributed by atoms with van der Waals surface area (Å²) < 4.78 is 11.8. The van der Waals surface area contributed by atoms with Crippen LogP contribution in [-0.4, -0.2) is 39.4 Å². The summed E-state index contributed by atoms with van der Waals surface area (Å²) in [6, 6.07) is 9.87. The van der Waals surface area contributed by atoms with Crippen LogP contribution in [0.3, 0.4) is 0 Å². The summed E-state index contributed by atoms with van der Waals surface area (Å²) in [7, 11) is 1.54. The topological polar surface area (TPSA) is 119 Å². The third kappa shape index (κ3) is 3.11. The van der Waals surface area contributed by atoms with E-state index in [1.54, 1.807) is 48.8 Å². The lowest BCUT2D eigenvalue weighted by Gasteiger charge is -2.20. The van der Waals surface area contributed by atoms with E-state index in [1.165, 1.54) is 11.7 Å². The summed E-state index contributed by atoms with van der Waals surface area (Å²) in [5.74, 6) is 5.73. The Morgan fingerprint density at radius 2 is 2.06 bits per heavy atom. The number of urea groups is 1. The number of aromatic hydroxyl groups is 1. The Morgan fingerprint density at radius 3 is 2.84 bits per heavy atom. The number of hydrogen-bond acceptors (Lipinski definition) is 6. The largest absolute Gasteiger partial charge is 0.497 e. The Kier molecular flexibility index (Phi) is 4.08. The van der Waals surface area contributed by atoms with Gasteiger partial charge in [-0.25, -0.2) is 4.79 Å². The van der Waals surface area contributed by atoms with Gasteiger partial charge in [0.25, 0.3) is 5.91 Å². The Balaban J connectivity index is 1.56. The van der Waals surface area contributed by atoms with Crippen molar-refractivity contribution < 1.29 is 24.0 Å². The van der Waals surface area contributed by atoms with E-state index >= 15 is 0 Å². The molecule has 2 aromatic heterocycles. The van der Waals surface area contributed by atoms with Gasteiger partial charge in [0.15, 0.2) is 11.5 Å². The minimum Gasteiger partial charge on any atom is -0.497 e. The number of hydrogen-bond donors (Lipinski definition) is 3. The summed E-state index contributed by atoms with van der Waals surface area (Å²) in [5.41, 5.74) is -0.419. The average Bonchev–Trinajstić information content (AvgIpc) is 3.43. The second-order valence-corrected chi connectivity index (χ2v) is 7.18. The summed E-state index contributed by atoms with van der Waals surface area (Å²) in [6.07, 6.45) is 3.28. The number of imide groups is 1. The molecule has 0 spiro atoms. The number of nitrogens with one attached hydrogen (secondary N) is 2. The van der Waals surface area contributed by atoms with E-state index in [0.29, 0.717) is 22.3 Å². The molecule has 0 radical (unpaired) electrons. The van der Waals surface area contributed by atoms with Crippen LogP contribution in [-0.2, 0) is 11.3 Å². The van der Waals surface area contributed by atoms with Crippen LogP contribution in [0.25, 0.3) is 21.7 Å². The second-order valence-electron chi connectivity index (χ2n) is 7.18. The molecule has 0 aliphatic carbocycles. The van der Waals surface area contributed by atoms with Gasteiger partial charge < -0.3 is 24.3 Å². The van der Waals surface area contributed by atoms with Crippen molar-refractivity contribution in [1.29, 1.82) is 0 Å². The lowest BCUT2D eigenvalue weighted by atomic mass is 9.99. The molecule has 1 fully saturated rings. The van der Waals surface area contributed by atoms with E-state index < -0.39 is 17.5 Å². The quantitative estimate of drug-likeness (QED) is 0.348. The molecule has 5 rings (SSSR count). The van der Waals surface area contributed by atoms with Gasteiger partial charge in [0.1, 0.15) is 5.75 Å². The fraction of sp³-hybridized carbons (Fsp3) is 0.136. The third-order valence-corrected chi connectivity index (χ3v) is 5.19. The van der Waals surface area contributed by atoms with Gasteiger partial charge in [-0.05, 0) is 36.4 Å². The van der Waals surface area contributed by atoms with Crippen molar-refractivity contribution in [1.82, 2.24) is 20.4 Å². The highest BCUT2D eigenvalue weighted by Crippen LogP contribution is 2.32. The van der Waals surface area contributed by atoms with Gasteiger partial charge in [-0.1, -0.05) is 17.0 Å². The molecular formula is C22H16N4O5. The van der Waals surface area contributed by atoms with Crippen LogP contribution in [0.5, 0.6) is 11.6 Å². The number of nitrogens with zero attached hydrogens (tertiary/aromatic N) is 2. The van der Waals surface area contributed by atoms with Crippen molar-refractivity contribution in [3.8, 4) is 23.5 Å². The van der Waals surface area contributed by atoms with Crippen molar-refractivity contribution in [2.24, 2.45) is 0 Å². The van der Waals surface area contributed by atoms with Gasteiger partial charge in [-0.3, -0.25) is 10.1 Å². The van der Waals surface area contributed by atoms with Crippen LogP contribution in [0.1, 0.15) is 5.56 Å². The first kappa shape index (κ1) is 18.6. The molecule has 3 N–H and O–H groups in total. The van der Waals surface area contributed by atoms with E-state index in [2.05, 4.69) is 27.6 Å². The molecule has 1 atom stereocenters. The molecule has 3 amide bonds. The number of rotatable bonds is 3. The van der Waals surface area contributed by atoms with Crippen LogP contribution in [0, 0.1) is 11.8 Å². The number of carbonyl (C=O) groups is 2. The molecular weight excluding hydrogens is 400 g/mol. The monoisotopic (exact) mass is 416 g/mol. The third-order valence-electron chi connectivity index (χ3n) is 5.19. The van der Waals surface area contributed by atoms with Crippen LogP contribution < -0.4 is 15.4 Å². The highest BCUT2D eigenvalue weighted by molar-refractivity contribution is 6.09. The van der Waals surface area contributed by atoms with Gasteiger partial charge >= 0.3 is 6.03 Å².